The van der Waals surface area contributed by atoms with Gasteiger partial charge in [-0.2, -0.15) is 13.2 Å². The van der Waals surface area contributed by atoms with Gasteiger partial charge >= 0.3 is 6.18 Å². The minimum absolute atomic E-state index is 0.00619. The molecule has 1 N–H and O–H groups in total. The van der Waals surface area contributed by atoms with Crippen LogP contribution in [0.5, 0.6) is 11.5 Å². The van der Waals surface area contributed by atoms with Crippen molar-refractivity contribution in [2.75, 3.05) is 36.6 Å². The molecule has 0 heterocycles. The molecule has 0 saturated heterocycles. The number of anilines is 2. The van der Waals surface area contributed by atoms with Crippen molar-refractivity contribution in [2.45, 2.75) is 13.1 Å². The number of ether oxygens (including phenoxy) is 2. The first kappa shape index (κ1) is 24.6. The van der Waals surface area contributed by atoms with E-state index in [1.54, 1.807) is 6.92 Å². The Bertz CT molecular complexity index is 1090. The molecule has 170 valence electrons. The van der Waals surface area contributed by atoms with Crippen molar-refractivity contribution in [1.29, 1.82) is 0 Å². The van der Waals surface area contributed by atoms with Gasteiger partial charge in [-0.25, -0.2) is 8.42 Å². The zero-order chi connectivity index (χ0) is 23.6. The van der Waals surface area contributed by atoms with Crippen molar-refractivity contribution in [3.63, 3.8) is 0 Å². The summed E-state index contributed by atoms with van der Waals surface area (Å²) in [5.41, 5.74) is -1.46. The number of nitrogens with zero attached hydrogens (tertiary/aromatic N) is 1. The summed E-state index contributed by atoms with van der Waals surface area (Å²) in [5.74, 6) is -0.552. The molecule has 2 aromatic carbocycles. The number of hydrogen-bond acceptors (Lipinski definition) is 5. The lowest BCUT2D eigenvalue weighted by molar-refractivity contribution is -0.137. The Hall–Kier alpha value is -2.66. The van der Waals surface area contributed by atoms with Crippen LogP contribution in [0, 0.1) is 0 Å². The Morgan fingerprint density at radius 1 is 1.13 bits per heavy atom. The van der Waals surface area contributed by atoms with Gasteiger partial charge in [-0.15, -0.1) is 0 Å². The first-order valence-electron chi connectivity index (χ1n) is 8.75. The van der Waals surface area contributed by atoms with E-state index in [-0.39, 0.29) is 35.0 Å². The molecule has 0 aliphatic carbocycles. The highest BCUT2D eigenvalue weighted by Gasteiger charge is 2.33. The number of carbonyl (C=O) groups is 1. The Labute approximate surface area is 182 Å². The normalized spacial score (nSPS) is 11.7. The van der Waals surface area contributed by atoms with E-state index < -0.39 is 32.7 Å². The lowest BCUT2D eigenvalue weighted by Crippen LogP contribution is -2.31. The smallest absolute Gasteiger partial charge is 0.417 e. The van der Waals surface area contributed by atoms with Crippen LogP contribution in [0.15, 0.2) is 30.3 Å². The Morgan fingerprint density at radius 2 is 1.71 bits per heavy atom. The molecule has 31 heavy (non-hydrogen) atoms. The standard InChI is InChI=1S/C19H20ClF3N2O5S/c1-5-25(31(4,27)28)15-10-17(30-3)16(29-2)9-12(15)18(26)24-11-6-7-14(20)13(8-11)19(21,22)23/h6-10H,5H2,1-4H3,(H,24,26). The number of halogens is 4. The van der Waals surface area contributed by atoms with E-state index in [1.165, 1.54) is 32.4 Å². The third-order valence-corrected chi connectivity index (χ3v) is 5.82. The van der Waals surface area contributed by atoms with Crippen LogP contribution in [-0.2, 0) is 16.2 Å². The fourth-order valence-electron chi connectivity index (χ4n) is 2.86. The quantitative estimate of drug-likeness (QED) is 0.634. The molecule has 0 spiro atoms. The van der Waals surface area contributed by atoms with Gasteiger partial charge in [0.15, 0.2) is 11.5 Å². The van der Waals surface area contributed by atoms with Crippen molar-refractivity contribution in [3.05, 3.63) is 46.5 Å². The van der Waals surface area contributed by atoms with Crippen LogP contribution >= 0.6 is 11.6 Å². The maximum absolute atomic E-state index is 13.1. The predicted octanol–water partition coefficient (Wildman–Crippen LogP) is 4.41. The van der Waals surface area contributed by atoms with Gasteiger partial charge in [-0.3, -0.25) is 9.10 Å². The van der Waals surface area contributed by atoms with Gasteiger partial charge in [0.1, 0.15) is 0 Å². The van der Waals surface area contributed by atoms with E-state index >= 15 is 0 Å². The van der Waals surface area contributed by atoms with E-state index in [1.807, 2.05) is 0 Å². The lowest BCUT2D eigenvalue weighted by atomic mass is 10.1. The molecule has 0 atom stereocenters. The Kier molecular flexibility index (Phi) is 7.32. The van der Waals surface area contributed by atoms with Gasteiger partial charge in [0.05, 0.1) is 42.3 Å². The molecule has 2 aromatic rings. The zero-order valence-corrected chi connectivity index (χ0v) is 18.6. The number of methoxy groups -OCH3 is 2. The minimum Gasteiger partial charge on any atom is -0.493 e. The molecule has 0 radical (unpaired) electrons. The molecule has 0 bridgehead atoms. The number of benzene rings is 2. The van der Waals surface area contributed by atoms with Crippen LogP contribution in [0.2, 0.25) is 5.02 Å². The first-order chi connectivity index (χ1) is 14.3. The molecule has 0 fully saturated rings. The zero-order valence-electron chi connectivity index (χ0n) is 17.0. The number of hydrogen-bond donors (Lipinski definition) is 1. The van der Waals surface area contributed by atoms with Gasteiger partial charge in [0.2, 0.25) is 10.0 Å². The highest BCUT2D eigenvalue weighted by Crippen LogP contribution is 2.38. The lowest BCUT2D eigenvalue weighted by Gasteiger charge is -2.24. The topological polar surface area (TPSA) is 84.9 Å². The molecule has 2 rings (SSSR count). The van der Waals surface area contributed by atoms with Crippen LogP contribution in [0.3, 0.4) is 0 Å². The molecular weight excluding hydrogens is 461 g/mol. The second-order valence-electron chi connectivity index (χ2n) is 6.30. The summed E-state index contributed by atoms with van der Waals surface area (Å²) in [6, 6.07) is 5.45. The van der Waals surface area contributed by atoms with Crippen LogP contribution in [-0.4, -0.2) is 41.3 Å². The molecular formula is C19H20ClF3N2O5S. The van der Waals surface area contributed by atoms with Crippen LogP contribution < -0.4 is 19.1 Å². The molecule has 7 nitrogen and oxygen atoms in total. The summed E-state index contributed by atoms with van der Waals surface area (Å²) < 4.78 is 75.1. The van der Waals surface area contributed by atoms with Gasteiger partial charge in [-0.05, 0) is 31.2 Å². The van der Waals surface area contributed by atoms with Gasteiger partial charge in [-0.1, -0.05) is 11.6 Å². The number of alkyl halides is 3. The van der Waals surface area contributed by atoms with Crippen molar-refractivity contribution in [2.24, 2.45) is 0 Å². The maximum Gasteiger partial charge on any atom is 0.417 e. The molecule has 1 amide bonds. The summed E-state index contributed by atoms with van der Waals surface area (Å²) in [4.78, 5) is 13.0. The second-order valence-corrected chi connectivity index (χ2v) is 8.61. The third-order valence-electron chi connectivity index (χ3n) is 4.23. The van der Waals surface area contributed by atoms with E-state index in [9.17, 15) is 26.4 Å². The van der Waals surface area contributed by atoms with E-state index in [0.717, 1.165) is 16.6 Å². The van der Waals surface area contributed by atoms with E-state index in [0.29, 0.717) is 6.07 Å². The summed E-state index contributed by atoms with van der Waals surface area (Å²) in [7, 11) is -1.12. The molecule has 0 aliphatic rings. The molecule has 0 aliphatic heterocycles. The monoisotopic (exact) mass is 480 g/mol. The fourth-order valence-corrected chi connectivity index (χ4v) is 4.06. The third kappa shape index (κ3) is 5.53. The summed E-state index contributed by atoms with van der Waals surface area (Å²) in [5, 5.41) is 1.82. The summed E-state index contributed by atoms with van der Waals surface area (Å²) >= 11 is 5.61. The molecule has 0 aromatic heterocycles. The number of sulfonamides is 1. The molecule has 12 heteroatoms. The highest BCUT2D eigenvalue weighted by molar-refractivity contribution is 7.92. The van der Waals surface area contributed by atoms with Crippen molar-refractivity contribution >= 4 is 38.9 Å². The van der Waals surface area contributed by atoms with Crippen molar-refractivity contribution < 1.29 is 35.9 Å². The fraction of sp³-hybridized carbons (Fsp3) is 0.316. The van der Waals surface area contributed by atoms with E-state index in [4.69, 9.17) is 21.1 Å². The summed E-state index contributed by atoms with van der Waals surface area (Å²) in [6.45, 7) is 1.56. The minimum atomic E-state index is -4.72. The average Bonchev–Trinajstić information content (AvgIpc) is 2.67. The SMILES string of the molecule is CCN(c1cc(OC)c(OC)cc1C(=O)Nc1ccc(Cl)c(C(F)(F)F)c1)S(C)(=O)=O. The van der Waals surface area contributed by atoms with Crippen molar-refractivity contribution in [1.82, 2.24) is 0 Å². The maximum atomic E-state index is 13.1. The number of amides is 1. The van der Waals surface area contributed by atoms with Crippen LogP contribution in [0.1, 0.15) is 22.8 Å². The summed E-state index contributed by atoms with van der Waals surface area (Å²) in [6.07, 6.45) is -3.76. The van der Waals surface area contributed by atoms with Crippen LogP contribution in [0.25, 0.3) is 0 Å². The second kappa shape index (κ2) is 9.23. The van der Waals surface area contributed by atoms with Gasteiger partial charge in [0.25, 0.3) is 5.91 Å². The Morgan fingerprint density at radius 3 is 2.19 bits per heavy atom. The van der Waals surface area contributed by atoms with Gasteiger partial charge < -0.3 is 14.8 Å². The molecule has 0 unspecified atom stereocenters. The first-order valence-corrected chi connectivity index (χ1v) is 11.0. The largest absolute Gasteiger partial charge is 0.493 e. The van der Waals surface area contributed by atoms with E-state index in [2.05, 4.69) is 5.32 Å². The van der Waals surface area contributed by atoms with Crippen molar-refractivity contribution in [3.8, 4) is 11.5 Å². The predicted molar refractivity (Wildman–Crippen MR) is 112 cm³/mol. The van der Waals surface area contributed by atoms with Gasteiger partial charge in [0, 0.05) is 18.3 Å². The highest BCUT2D eigenvalue weighted by atomic mass is 35.5. The number of rotatable bonds is 7. The number of carbonyl (C=O) groups excluding carboxylic acids is 1. The van der Waals surface area contributed by atoms with Crippen LogP contribution in [0.4, 0.5) is 24.5 Å². The Balaban J connectivity index is 2.60. The average molecular weight is 481 g/mol. The number of nitrogens with one attached hydrogen (secondary N) is 1. The molecule has 0 saturated carbocycles.